The first-order chi connectivity index (χ1) is 13.4. The lowest BCUT2D eigenvalue weighted by Gasteiger charge is -2.11. The predicted molar refractivity (Wildman–Crippen MR) is 106 cm³/mol. The van der Waals surface area contributed by atoms with E-state index in [0.717, 1.165) is 22.5 Å². The number of phenols is 2. The minimum absolute atomic E-state index is 0.0351. The molecule has 28 heavy (non-hydrogen) atoms. The summed E-state index contributed by atoms with van der Waals surface area (Å²) in [7, 11) is 0. The molecule has 0 amide bonds. The summed E-state index contributed by atoms with van der Waals surface area (Å²) in [6.45, 7) is 5.98. The second kappa shape index (κ2) is 6.42. The van der Waals surface area contributed by atoms with E-state index in [0.29, 0.717) is 6.54 Å². The van der Waals surface area contributed by atoms with Gasteiger partial charge >= 0.3 is 0 Å². The molecule has 0 bridgehead atoms. The van der Waals surface area contributed by atoms with Crippen LogP contribution in [-0.2, 0) is 6.54 Å². The van der Waals surface area contributed by atoms with Crippen LogP contribution in [0.3, 0.4) is 0 Å². The monoisotopic (exact) mass is 375 g/mol. The highest BCUT2D eigenvalue weighted by molar-refractivity contribution is 6.16. The summed E-state index contributed by atoms with van der Waals surface area (Å²) >= 11 is 0. The van der Waals surface area contributed by atoms with Crippen LogP contribution in [0.5, 0.6) is 17.2 Å². The molecule has 0 saturated heterocycles. The van der Waals surface area contributed by atoms with E-state index in [1.165, 1.54) is 12.1 Å². The Morgan fingerprint density at radius 2 is 1.93 bits per heavy atom. The van der Waals surface area contributed by atoms with Gasteiger partial charge in [0.05, 0.1) is 5.52 Å². The van der Waals surface area contributed by atoms with Crippen molar-refractivity contribution in [3.05, 3.63) is 81.9 Å². The number of hydrogen-bond donors (Lipinski definition) is 2. The van der Waals surface area contributed by atoms with Crippen LogP contribution < -0.4 is 10.3 Å². The van der Waals surface area contributed by atoms with Gasteiger partial charge in [0.2, 0.25) is 5.78 Å². The van der Waals surface area contributed by atoms with Crippen molar-refractivity contribution in [1.29, 1.82) is 0 Å². The third kappa shape index (κ3) is 2.75. The zero-order valence-corrected chi connectivity index (χ0v) is 15.1. The molecule has 2 heterocycles. The van der Waals surface area contributed by atoms with Gasteiger partial charge < -0.3 is 19.5 Å². The molecule has 6 nitrogen and oxygen atoms in total. The number of nitrogens with zero attached hydrogens (tertiary/aromatic N) is 1. The Morgan fingerprint density at radius 1 is 1.14 bits per heavy atom. The molecule has 0 aliphatic carbocycles. The van der Waals surface area contributed by atoms with Gasteiger partial charge in [-0.15, -0.1) is 6.58 Å². The molecule has 0 atom stereocenters. The number of ketones is 1. The predicted octanol–water partition coefficient (Wildman–Crippen LogP) is 3.52. The van der Waals surface area contributed by atoms with Gasteiger partial charge in [0.25, 0.3) is 5.56 Å². The van der Waals surface area contributed by atoms with E-state index in [-0.39, 0.29) is 39.7 Å². The van der Waals surface area contributed by atoms with Crippen LogP contribution in [0.2, 0.25) is 0 Å². The number of carbonyl (C=O) groups is 1. The normalized spacial score (nSPS) is 14.3. The molecule has 0 saturated carbocycles. The van der Waals surface area contributed by atoms with Crippen LogP contribution in [0.25, 0.3) is 17.0 Å². The van der Waals surface area contributed by atoms with Crippen LogP contribution in [-0.4, -0.2) is 20.6 Å². The highest BCUT2D eigenvalue weighted by atomic mass is 16.5. The average molecular weight is 375 g/mol. The van der Waals surface area contributed by atoms with Gasteiger partial charge in [0, 0.05) is 24.2 Å². The van der Waals surface area contributed by atoms with Crippen molar-refractivity contribution >= 4 is 22.8 Å². The van der Waals surface area contributed by atoms with E-state index in [1.54, 1.807) is 16.7 Å². The lowest BCUT2D eigenvalue weighted by Crippen LogP contribution is -2.22. The van der Waals surface area contributed by atoms with Gasteiger partial charge in [-0.2, -0.15) is 0 Å². The van der Waals surface area contributed by atoms with E-state index >= 15 is 0 Å². The molecule has 0 spiro atoms. The van der Waals surface area contributed by atoms with Gasteiger partial charge in [-0.25, -0.2) is 0 Å². The van der Waals surface area contributed by atoms with Crippen molar-refractivity contribution in [2.24, 2.45) is 0 Å². The first-order valence-electron chi connectivity index (χ1n) is 8.64. The standard InChI is InChI=1S/C22H17NO5/c1-3-6-23-16-5-4-12(2)7-13(16)8-14(22(23)27)9-19-21(26)20-17(25)10-15(24)11-18(20)28-19/h3-5,7-11,24-25H,1,6H2,2H3/b19-9-. The molecule has 2 N–H and O–H groups in total. The van der Waals surface area contributed by atoms with Crippen molar-refractivity contribution in [3.63, 3.8) is 0 Å². The number of aromatic hydroxyl groups is 2. The Kier molecular flexibility index (Phi) is 4.04. The molecule has 1 aliphatic heterocycles. The molecule has 140 valence electrons. The molecule has 3 aromatic rings. The maximum Gasteiger partial charge on any atom is 0.258 e. The fourth-order valence-corrected chi connectivity index (χ4v) is 3.36. The summed E-state index contributed by atoms with van der Waals surface area (Å²) in [5.41, 5.74) is 1.76. The summed E-state index contributed by atoms with van der Waals surface area (Å²) in [4.78, 5) is 25.6. The smallest absolute Gasteiger partial charge is 0.258 e. The number of rotatable bonds is 3. The molecule has 2 aromatic carbocycles. The van der Waals surface area contributed by atoms with E-state index in [9.17, 15) is 19.8 Å². The number of aryl methyl sites for hydroxylation is 1. The maximum absolute atomic E-state index is 13.0. The van der Waals surface area contributed by atoms with Crippen molar-refractivity contribution < 1.29 is 19.7 Å². The molecular formula is C22H17NO5. The number of allylic oxidation sites excluding steroid dienone is 2. The van der Waals surface area contributed by atoms with E-state index in [2.05, 4.69) is 6.58 Å². The molecular weight excluding hydrogens is 358 g/mol. The van der Waals surface area contributed by atoms with E-state index in [4.69, 9.17) is 4.74 Å². The summed E-state index contributed by atoms with van der Waals surface area (Å²) in [6, 6.07) is 9.77. The number of phenolic OH excluding ortho intramolecular Hbond substituents is 2. The van der Waals surface area contributed by atoms with Crippen LogP contribution in [0.4, 0.5) is 0 Å². The van der Waals surface area contributed by atoms with Crippen molar-refractivity contribution in [3.8, 4) is 17.2 Å². The Balaban J connectivity index is 1.90. The third-order valence-corrected chi connectivity index (χ3v) is 4.61. The molecule has 0 fully saturated rings. The van der Waals surface area contributed by atoms with Crippen LogP contribution in [0.1, 0.15) is 21.5 Å². The molecule has 1 aliphatic rings. The summed E-state index contributed by atoms with van der Waals surface area (Å²) in [5.74, 6) is -1.19. The number of benzene rings is 2. The zero-order valence-electron chi connectivity index (χ0n) is 15.1. The number of ether oxygens (including phenoxy) is 1. The van der Waals surface area contributed by atoms with Crippen molar-refractivity contribution in [1.82, 2.24) is 4.57 Å². The molecule has 4 rings (SSSR count). The number of hydrogen-bond acceptors (Lipinski definition) is 5. The molecule has 6 heteroatoms. The quantitative estimate of drug-likeness (QED) is 0.540. The fourth-order valence-electron chi connectivity index (χ4n) is 3.36. The second-order valence-corrected chi connectivity index (χ2v) is 6.64. The largest absolute Gasteiger partial charge is 0.508 e. The van der Waals surface area contributed by atoms with Gasteiger partial charge in [0.1, 0.15) is 22.8 Å². The van der Waals surface area contributed by atoms with E-state index < -0.39 is 5.78 Å². The fraction of sp³-hybridized carbons (Fsp3) is 0.0909. The van der Waals surface area contributed by atoms with Crippen molar-refractivity contribution in [2.75, 3.05) is 0 Å². The number of Topliss-reactive ketones (excluding diaryl/α,β-unsaturated/α-hetero) is 1. The highest BCUT2D eigenvalue weighted by Gasteiger charge is 2.31. The zero-order chi connectivity index (χ0) is 20.0. The lowest BCUT2D eigenvalue weighted by molar-refractivity contribution is 0.101. The minimum Gasteiger partial charge on any atom is -0.508 e. The van der Waals surface area contributed by atoms with E-state index in [1.807, 2.05) is 25.1 Å². The SMILES string of the molecule is C=CCn1c(=O)c(/C=C2\Oc3cc(O)cc(O)c3C2=O)cc2cc(C)ccc21. The number of pyridine rings is 1. The Morgan fingerprint density at radius 3 is 2.68 bits per heavy atom. The van der Waals surface area contributed by atoms with Crippen LogP contribution in [0, 0.1) is 6.92 Å². The minimum atomic E-state index is -0.550. The first-order valence-corrected chi connectivity index (χ1v) is 8.64. The van der Waals surface area contributed by atoms with Crippen LogP contribution >= 0.6 is 0 Å². The highest BCUT2D eigenvalue weighted by Crippen LogP contribution is 2.40. The number of aromatic nitrogens is 1. The van der Waals surface area contributed by atoms with Crippen molar-refractivity contribution in [2.45, 2.75) is 13.5 Å². The van der Waals surface area contributed by atoms with Gasteiger partial charge in [-0.3, -0.25) is 9.59 Å². The summed E-state index contributed by atoms with van der Waals surface area (Å²) < 4.78 is 7.07. The first kappa shape index (κ1) is 17.6. The molecule has 0 unspecified atom stereocenters. The van der Waals surface area contributed by atoms with Gasteiger partial charge in [0.15, 0.2) is 5.76 Å². The Labute approximate surface area is 160 Å². The molecule has 0 radical (unpaired) electrons. The van der Waals surface area contributed by atoms with Crippen LogP contribution in [0.15, 0.2) is 59.6 Å². The third-order valence-electron chi connectivity index (χ3n) is 4.61. The lowest BCUT2D eigenvalue weighted by atomic mass is 10.1. The summed E-state index contributed by atoms with van der Waals surface area (Å²) in [6.07, 6.45) is 2.99. The summed E-state index contributed by atoms with van der Waals surface area (Å²) in [5, 5.41) is 20.4. The number of fused-ring (bicyclic) bond motifs is 2. The average Bonchev–Trinajstić information content (AvgIpc) is 2.94. The Bertz CT molecular complexity index is 1250. The number of carbonyl (C=O) groups excluding carboxylic acids is 1. The van der Waals surface area contributed by atoms with Gasteiger partial charge in [-0.05, 0) is 36.6 Å². The Hall–Kier alpha value is -3.80. The van der Waals surface area contributed by atoms with Gasteiger partial charge in [-0.1, -0.05) is 17.7 Å². The molecule has 1 aromatic heterocycles. The topological polar surface area (TPSA) is 88.8 Å². The maximum atomic E-state index is 13.0. The second-order valence-electron chi connectivity index (χ2n) is 6.64.